The second-order valence-corrected chi connectivity index (χ2v) is 3.63. The van der Waals surface area contributed by atoms with Crippen LogP contribution in [-0.2, 0) is 6.54 Å². The second kappa shape index (κ2) is 5.13. The Labute approximate surface area is 99.3 Å². The van der Waals surface area contributed by atoms with Crippen molar-refractivity contribution in [2.45, 2.75) is 6.54 Å². The van der Waals surface area contributed by atoms with Gasteiger partial charge in [-0.25, -0.2) is 4.39 Å². The number of rotatable bonds is 3. The van der Waals surface area contributed by atoms with E-state index < -0.39 is 0 Å². The zero-order chi connectivity index (χ0) is 12.1. The van der Waals surface area contributed by atoms with Gasteiger partial charge >= 0.3 is 0 Å². The maximum atomic E-state index is 13.3. The van der Waals surface area contributed by atoms with Crippen molar-refractivity contribution < 1.29 is 4.39 Å². The fourth-order valence-electron chi connectivity index (χ4n) is 1.50. The third-order valence-electron chi connectivity index (χ3n) is 2.45. The predicted octanol–water partition coefficient (Wildman–Crippen LogP) is 3.31. The van der Waals surface area contributed by atoms with E-state index in [0.29, 0.717) is 17.7 Å². The van der Waals surface area contributed by atoms with Gasteiger partial charge in [-0.05, 0) is 30.3 Å². The number of halogens is 1. The minimum absolute atomic E-state index is 0.214. The number of anilines is 1. The first-order valence-corrected chi connectivity index (χ1v) is 5.27. The summed E-state index contributed by atoms with van der Waals surface area (Å²) in [6, 6.07) is 15.8. The van der Waals surface area contributed by atoms with Crippen molar-refractivity contribution in [3.63, 3.8) is 0 Å². The van der Waals surface area contributed by atoms with E-state index in [2.05, 4.69) is 5.32 Å². The van der Waals surface area contributed by atoms with E-state index >= 15 is 0 Å². The molecule has 17 heavy (non-hydrogen) atoms. The van der Waals surface area contributed by atoms with Crippen molar-refractivity contribution in [2.75, 3.05) is 5.32 Å². The quantitative estimate of drug-likeness (QED) is 0.871. The summed E-state index contributed by atoms with van der Waals surface area (Å²) in [6.07, 6.45) is 0. The molecule has 0 amide bonds. The van der Waals surface area contributed by atoms with Gasteiger partial charge in [0.05, 0.1) is 11.6 Å². The van der Waals surface area contributed by atoms with Gasteiger partial charge in [-0.3, -0.25) is 0 Å². The van der Waals surface area contributed by atoms with E-state index in [-0.39, 0.29) is 5.82 Å². The van der Waals surface area contributed by atoms with Crippen LogP contribution in [0.4, 0.5) is 10.1 Å². The number of nitriles is 1. The predicted molar refractivity (Wildman–Crippen MR) is 64.9 cm³/mol. The number of hydrogen-bond donors (Lipinski definition) is 1. The van der Waals surface area contributed by atoms with Crippen LogP contribution in [0.25, 0.3) is 0 Å². The van der Waals surface area contributed by atoms with Crippen LogP contribution >= 0.6 is 0 Å². The zero-order valence-electron chi connectivity index (χ0n) is 9.15. The molecule has 84 valence electrons. The Morgan fingerprint density at radius 2 is 1.76 bits per heavy atom. The normalized spacial score (nSPS) is 9.65. The lowest BCUT2D eigenvalue weighted by atomic mass is 10.2. The van der Waals surface area contributed by atoms with Crippen LogP contribution in [0.2, 0.25) is 0 Å². The molecule has 0 atom stereocenters. The van der Waals surface area contributed by atoms with Crippen molar-refractivity contribution in [1.29, 1.82) is 5.26 Å². The van der Waals surface area contributed by atoms with Gasteiger partial charge in [0, 0.05) is 17.8 Å². The fraction of sp³-hybridized carbons (Fsp3) is 0.0714. The van der Waals surface area contributed by atoms with E-state index in [0.717, 1.165) is 5.69 Å². The smallest absolute Gasteiger partial charge is 0.128 e. The van der Waals surface area contributed by atoms with E-state index in [9.17, 15) is 4.39 Å². The van der Waals surface area contributed by atoms with Crippen LogP contribution in [-0.4, -0.2) is 0 Å². The van der Waals surface area contributed by atoms with Crippen LogP contribution in [0.5, 0.6) is 0 Å². The minimum atomic E-state index is -0.214. The first-order valence-electron chi connectivity index (χ1n) is 5.27. The molecule has 0 fully saturated rings. The average Bonchev–Trinajstić information content (AvgIpc) is 2.38. The fourth-order valence-corrected chi connectivity index (χ4v) is 1.50. The van der Waals surface area contributed by atoms with Crippen LogP contribution in [0.1, 0.15) is 11.1 Å². The summed E-state index contributed by atoms with van der Waals surface area (Å²) in [7, 11) is 0. The third kappa shape index (κ3) is 2.82. The summed E-state index contributed by atoms with van der Waals surface area (Å²) in [5.41, 5.74) is 2.10. The van der Waals surface area contributed by atoms with Crippen LogP contribution in [0.3, 0.4) is 0 Å². The highest BCUT2D eigenvalue weighted by molar-refractivity contribution is 5.47. The standard InChI is InChI=1S/C14H11FN2/c15-14-4-2-1-3-12(14)10-17-13-7-5-11(9-16)6-8-13/h1-8,17H,10H2. The van der Waals surface area contributed by atoms with Crippen LogP contribution < -0.4 is 5.32 Å². The Balaban J connectivity index is 2.03. The van der Waals surface area contributed by atoms with Gasteiger partial charge in [0.2, 0.25) is 0 Å². The summed E-state index contributed by atoms with van der Waals surface area (Å²) in [4.78, 5) is 0. The third-order valence-corrected chi connectivity index (χ3v) is 2.45. The number of hydrogen-bond acceptors (Lipinski definition) is 2. The number of nitrogens with zero attached hydrogens (tertiary/aromatic N) is 1. The molecule has 0 radical (unpaired) electrons. The maximum Gasteiger partial charge on any atom is 0.128 e. The van der Waals surface area contributed by atoms with Crippen molar-refractivity contribution >= 4 is 5.69 Å². The second-order valence-electron chi connectivity index (χ2n) is 3.63. The van der Waals surface area contributed by atoms with Gasteiger partial charge in [0.1, 0.15) is 5.82 Å². The number of benzene rings is 2. The molecule has 3 heteroatoms. The lowest BCUT2D eigenvalue weighted by molar-refractivity contribution is 0.613. The minimum Gasteiger partial charge on any atom is -0.381 e. The molecule has 1 N–H and O–H groups in total. The topological polar surface area (TPSA) is 35.8 Å². The lowest BCUT2D eigenvalue weighted by Gasteiger charge is -2.07. The van der Waals surface area contributed by atoms with Crippen LogP contribution in [0.15, 0.2) is 48.5 Å². The molecule has 0 aromatic heterocycles. The van der Waals surface area contributed by atoms with Crippen molar-refractivity contribution in [3.05, 3.63) is 65.5 Å². The van der Waals surface area contributed by atoms with Crippen molar-refractivity contribution in [3.8, 4) is 6.07 Å². The molecule has 2 rings (SSSR count). The molecule has 0 unspecified atom stereocenters. The van der Waals surface area contributed by atoms with E-state index in [4.69, 9.17) is 5.26 Å². The molecule has 0 aliphatic rings. The Morgan fingerprint density at radius 3 is 2.41 bits per heavy atom. The van der Waals surface area contributed by atoms with Gasteiger partial charge in [0.15, 0.2) is 0 Å². The lowest BCUT2D eigenvalue weighted by Crippen LogP contribution is -2.01. The molecule has 0 bridgehead atoms. The highest BCUT2D eigenvalue weighted by atomic mass is 19.1. The molecule has 0 saturated carbocycles. The van der Waals surface area contributed by atoms with Gasteiger partial charge in [-0.15, -0.1) is 0 Å². The SMILES string of the molecule is N#Cc1ccc(NCc2ccccc2F)cc1. The molecule has 0 aliphatic heterocycles. The van der Waals surface area contributed by atoms with Crippen molar-refractivity contribution in [2.24, 2.45) is 0 Å². The van der Waals surface area contributed by atoms with Gasteiger partial charge in [0.25, 0.3) is 0 Å². The van der Waals surface area contributed by atoms with E-state index in [1.807, 2.05) is 6.07 Å². The van der Waals surface area contributed by atoms with Crippen LogP contribution in [0, 0.1) is 17.1 Å². The Bertz CT molecular complexity index is 541. The zero-order valence-corrected chi connectivity index (χ0v) is 9.15. The Kier molecular flexibility index (Phi) is 3.37. The van der Waals surface area contributed by atoms with Gasteiger partial charge < -0.3 is 5.32 Å². The molecule has 0 aliphatic carbocycles. The summed E-state index contributed by atoms with van der Waals surface area (Å²) in [6.45, 7) is 0.429. The van der Waals surface area contributed by atoms with Crippen molar-refractivity contribution in [1.82, 2.24) is 0 Å². The van der Waals surface area contributed by atoms with Gasteiger partial charge in [-0.1, -0.05) is 18.2 Å². The largest absolute Gasteiger partial charge is 0.381 e. The Hall–Kier alpha value is -2.34. The molecule has 0 saturated heterocycles. The first kappa shape index (κ1) is 11.2. The molecular weight excluding hydrogens is 215 g/mol. The molecule has 0 spiro atoms. The monoisotopic (exact) mass is 226 g/mol. The summed E-state index contributed by atoms with van der Waals surface area (Å²) < 4.78 is 13.3. The molecular formula is C14H11FN2. The highest BCUT2D eigenvalue weighted by Crippen LogP contribution is 2.12. The molecule has 2 nitrogen and oxygen atoms in total. The molecule has 2 aromatic carbocycles. The van der Waals surface area contributed by atoms with Gasteiger partial charge in [-0.2, -0.15) is 5.26 Å². The number of nitrogens with one attached hydrogen (secondary N) is 1. The average molecular weight is 226 g/mol. The molecule has 2 aromatic rings. The maximum absolute atomic E-state index is 13.3. The highest BCUT2D eigenvalue weighted by Gasteiger charge is 2.00. The summed E-state index contributed by atoms with van der Waals surface area (Å²) in [5.74, 6) is -0.214. The van der Waals surface area contributed by atoms with E-state index in [1.165, 1.54) is 6.07 Å². The summed E-state index contributed by atoms with van der Waals surface area (Å²) >= 11 is 0. The summed E-state index contributed by atoms with van der Waals surface area (Å²) in [5, 5.41) is 11.8. The van der Waals surface area contributed by atoms with E-state index in [1.54, 1.807) is 42.5 Å². The first-order chi connectivity index (χ1) is 8.29. The molecule has 0 heterocycles. The Morgan fingerprint density at radius 1 is 1.06 bits per heavy atom.